The molecule has 2 heterocycles. The number of carbonyl (C=O) groups is 1. The van der Waals surface area contributed by atoms with Crippen molar-refractivity contribution in [2.24, 2.45) is 0 Å². The number of rotatable bonds is 3. The minimum Gasteiger partial charge on any atom is -0.372 e. The Morgan fingerprint density at radius 2 is 1.74 bits per heavy atom. The van der Waals surface area contributed by atoms with Crippen LogP contribution in [0.4, 0.5) is 4.39 Å². The SMILES string of the molecule is C[C@H]1CN(C(=O)c2cc3ccccc3n2Cc2ccccc2F)C[C@H](C)O1. The summed E-state index contributed by atoms with van der Waals surface area (Å²) < 4.78 is 21.9. The second-order valence-corrected chi connectivity index (χ2v) is 7.23. The number of hydrogen-bond acceptors (Lipinski definition) is 2. The van der Waals surface area contributed by atoms with Gasteiger partial charge in [-0.25, -0.2) is 4.39 Å². The fourth-order valence-corrected chi connectivity index (χ4v) is 3.86. The van der Waals surface area contributed by atoms with Crippen LogP contribution in [0.5, 0.6) is 0 Å². The van der Waals surface area contributed by atoms with E-state index in [1.165, 1.54) is 6.07 Å². The molecular formula is C22H23FN2O2. The summed E-state index contributed by atoms with van der Waals surface area (Å²) >= 11 is 0. The zero-order valence-electron chi connectivity index (χ0n) is 15.6. The first-order valence-corrected chi connectivity index (χ1v) is 9.29. The molecule has 0 spiro atoms. The van der Waals surface area contributed by atoms with E-state index in [0.29, 0.717) is 30.9 Å². The van der Waals surface area contributed by atoms with Gasteiger partial charge in [0.05, 0.1) is 18.8 Å². The molecule has 5 heteroatoms. The smallest absolute Gasteiger partial charge is 0.270 e. The maximum absolute atomic E-state index is 14.2. The molecule has 0 saturated carbocycles. The Hall–Kier alpha value is -2.66. The third-order valence-electron chi connectivity index (χ3n) is 5.02. The number of nitrogens with zero attached hydrogens (tertiary/aromatic N) is 2. The first-order valence-electron chi connectivity index (χ1n) is 9.29. The van der Waals surface area contributed by atoms with Gasteiger partial charge >= 0.3 is 0 Å². The number of para-hydroxylation sites is 1. The highest BCUT2D eigenvalue weighted by molar-refractivity contribution is 5.99. The van der Waals surface area contributed by atoms with Crippen molar-refractivity contribution in [2.75, 3.05) is 13.1 Å². The van der Waals surface area contributed by atoms with Gasteiger partial charge in [0, 0.05) is 29.6 Å². The molecule has 0 unspecified atom stereocenters. The lowest BCUT2D eigenvalue weighted by atomic mass is 10.2. The number of aromatic nitrogens is 1. The summed E-state index contributed by atoms with van der Waals surface area (Å²) in [6.07, 6.45) is 0.00388. The molecule has 2 aromatic carbocycles. The Morgan fingerprint density at radius 1 is 1.07 bits per heavy atom. The van der Waals surface area contributed by atoms with E-state index in [1.807, 2.05) is 59.7 Å². The average molecular weight is 366 g/mol. The molecule has 140 valence electrons. The average Bonchev–Trinajstić information content (AvgIpc) is 3.01. The zero-order chi connectivity index (χ0) is 19.0. The van der Waals surface area contributed by atoms with Gasteiger partial charge in [-0.3, -0.25) is 4.79 Å². The number of hydrogen-bond donors (Lipinski definition) is 0. The molecule has 1 aliphatic rings. The Bertz CT molecular complexity index is 971. The van der Waals surface area contributed by atoms with Crippen molar-refractivity contribution < 1.29 is 13.9 Å². The molecule has 1 aromatic heterocycles. The van der Waals surface area contributed by atoms with Gasteiger partial charge in [0.15, 0.2) is 0 Å². The van der Waals surface area contributed by atoms with Crippen molar-refractivity contribution in [3.63, 3.8) is 0 Å². The number of fused-ring (bicyclic) bond motifs is 1. The monoisotopic (exact) mass is 366 g/mol. The fraction of sp³-hybridized carbons (Fsp3) is 0.318. The van der Waals surface area contributed by atoms with Crippen LogP contribution in [-0.2, 0) is 11.3 Å². The first-order chi connectivity index (χ1) is 13.0. The van der Waals surface area contributed by atoms with Crippen LogP contribution in [-0.4, -0.2) is 40.7 Å². The third kappa shape index (κ3) is 3.47. The van der Waals surface area contributed by atoms with Crippen LogP contribution < -0.4 is 0 Å². The van der Waals surface area contributed by atoms with Gasteiger partial charge < -0.3 is 14.2 Å². The summed E-state index contributed by atoms with van der Waals surface area (Å²) in [7, 11) is 0. The van der Waals surface area contributed by atoms with Gasteiger partial charge in [-0.15, -0.1) is 0 Å². The van der Waals surface area contributed by atoms with Crippen LogP contribution in [0.15, 0.2) is 54.6 Å². The van der Waals surface area contributed by atoms with Crippen LogP contribution in [0, 0.1) is 5.82 Å². The van der Waals surface area contributed by atoms with Gasteiger partial charge in [-0.05, 0) is 32.0 Å². The van der Waals surface area contributed by atoms with Crippen molar-refractivity contribution >= 4 is 16.8 Å². The normalized spacial score (nSPS) is 20.2. The van der Waals surface area contributed by atoms with E-state index in [9.17, 15) is 9.18 Å². The summed E-state index contributed by atoms with van der Waals surface area (Å²) in [5, 5.41) is 0.978. The number of amides is 1. The van der Waals surface area contributed by atoms with Crippen molar-refractivity contribution in [2.45, 2.75) is 32.6 Å². The minimum atomic E-state index is -0.262. The molecule has 1 fully saturated rings. The van der Waals surface area contributed by atoms with Crippen LogP contribution >= 0.6 is 0 Å². The Morgan fingerprint density at radius 3 is 2.48 bits per heavy atom. The molecular weight excluding hydrogens is 343 g/mol. The van der Waals surface area contributed by atoms with Crippen LogP contribution in [0.25, 0.3) is 10.9 Å². The second-order valence-electron chi connectivity index (χ2n) is 7.23. The number of carbonyl (C=O) groups excluding carboxylic acids is 1. The molecule has 3 aromatic rings. The summed E-state index contributed by atoms with van der Waals surface area (Å²) in [4.78, 5) is 15.2. The van der Waals surface area contributed by atoms with E-state index < -0.39 is 0 Å². The fourth-order valence-electron chi connectivity index (χ4n) is 3.86. The standard InChI is InChI=1S/C22H23FN2O2/c1-15-12-24(13-16(2)27-15)22(26)21-11-17-7-4-6-10-20(17)25(21)14-18-8-3-5-9-19(18)23/h3-11,15-16H,12-14H2,1-2H3/t15-,16-/m0/s1. The molecule has 0 radical (unpaired) electrons. The first kappa shape index (κ1) is 17.7. The van der Waals surface area contributed by atoms with E-state index in [2.05, 4.69) is 0 Å². The number of ether oxygens (including phenoxy) is 1. The van der Waals surface area contributed by atoms with E-state index in [4.69, 9.17) is 4.74 Å². The summed E-state index contributed by atoms with van der Waals surface area (Å²) in [5.41, 5.74) is 2.08. The minimum absolute atomic E-state index is 0.00194. The number of benzene rings is 2. The highest BCUT2D eigenvalue weighted by Gasteiger charge is 2.29. The lowest BCUT2D eigenvalue weighted by Crippen LogP contribution is -2.48. The van der Waals surface area contributed by atoms with E-state index in [0.717, 1.165) is 10.9 Å². The van der Waals surface area contributed by atoms with Gasteiger partial charge in [-0.1, -0.05) is 36.4 Å². The van der Waals surface area contributed by atoms with Crippen LogP contribution in [0.3, 0.4) is 0 Å². The summed E-state index contributed by atoms with van der Waals surface area (Å²) in [6.45, 7) is 5.39. The number of halogens is 1. The highest BCUT2D eigenvalue weighted by atomic mass is 19.1. The third-order valence-corrected chi connectivity index (χ3v) is 5.02. The van der Waals surface area contributed by atoms with Gasteiger partial charge in [0.2, 0.25) is 0 Å². The van der Waals surface area contributed by atoms with Gasteiger partial charge in [0.1, 0.15) is 11.5 Å². The molecule has 2 atom stereocenters. The molecule has 0 aliphatic carbocycles. The summed E-state index contributed by atoms with van der Waals surface area (Å²) in [6, 6.07) is 16.4. The Kier molecular flexibility index (Phi) is 4.70. The molecule has 1 aliphatic heterocycles. The Balaban J connectivity index is 1.76. The predicted molar refractivity (Wildman–Crippen MR) is 103 cm³/mol. The summed E-state index contributed by atoms with van der Waals surface area (Å²) in [5.74, 6) is -0.299. The van der Waals surface area contributed by atoms with Crippen LogP contribution in [0.1, 0.15) is 29.9 Å². The molecule has 4 rings (SSSR count). The van der Waals surface area contributed by atoms with Crippen molar-refractivity contribution in [1.29, 1.82) is 0 Å². The quantitative estimate of drug-likeness (QED) is 0.700. The Labute approximate surface area is 158 Å². The molecule has 4 nitrogen and oxygen atoms in total. The molecule has 0 bridgehead atoms. The molecule has 1 amide bonds. The molecule has 0 N–H and O–H groups in total. The topological polar surface area (TPSA) is 34.5 Å². The van der Waals surface area contributed by atoms with Crippen molar-refractivity contribution in [3.05, 3.63) is 71.7 Å². The van der Waals surface area contributed by atoms with Crippen molar-refractivity contribution in [3.8, 4) is 0 Å². The lowest BCUT2D eigenvalue weighted by Gasteiger charge is -2.35. The zero-order valence-corrected chi connectivity index (χ0v) is 15.6. The highest BCUT2D eigenvalue weighted by Crippen LogP contribution is 2.24. The van der Waals surface area contributed by atoms with Crippen LogP contribution in [0.2, 0.25) is 0 Å². The maximum atomic E-state index is 14.2. The van der Waals surface area contributed by atoms with E-state index in [1.54, 1.807) is 12.1 Å². The number of morpholine rings is 1. The second kappa shape index (κ2) is 7.16. The van der Waals surface area contributed by atoms with Crippen molar-refractivity contribution in [1.82, 2.24) is 9.47 Å². The van der Waals surface area contributed by atoms with E-state index >= 15 is 0 Å². The van der Waals surface area contributed by atoms with Gasteiger partial charge in [-0.2, -0.15) is 0 Å². The lowest BCUT2D eigenvalue weighted by molar-refractivity contribution is -0.0588. The molecule has 1 saturated heterocycles. The van der Waals surface area contributed by atoms with Gasteiger partial charge in [0.25, 0.3) is 5.91 Å². The largest absolute Gasteiger partial charge is 0.372 e. The predicted octanol–water partition coefficient (Wildman–Crippen LogP) is 4.08. The van der Waals surface area contributed by atoms with E-state index in [-0.39, 0.29) is 23.9 Å². The maximum Gasteiger partial charge on any atom is 0.270 e. The molecule has 27 heavy (non-hydrogen) atoms.